The first-order valence-corrected chi connectivity index (χ1v) is 9.34. The zero-order chi connectivity index (χ0) is 18.5. The van der Waals surface area contributed by atoms with E-state index in [4.69, 9.17) is 11.6 Å². The van der Waals surface area contributed by atoms with Crippen LogP contribution in [0.25, 0.3) is 0 Å². The van der Waals surface area contributed by atoms with Crippen molar-refractivity contribution < 1.29 is 9.18 Å². The van der Waals surface area contributed by atoms with Gasteiger partial charge in [-0.3, -0.25) is 14.7 Å². The largest absolute Gasteiger partial charge is 0.337 e. The highest BCUT2D eigenvalue weighted by molar-refractivity contribution is 6.31. The summed E-state index contributed by atoms with van der Waals surface area (Å²) in [7, 11) is 0. The summed E-state index contributed by atoms with van der Waals surface area (Å²) in [5, 5.41) is 0.242. The van der Waals surface area contributed by atoms with Crippen molar-refractivity contribution in [2.24, 2.45) is 0 Å². The predicted octanol–water partition coefficient (Wildman–Crippen LogP) is 3.78. The summed E-state index contributed by atoms with van der Waals surface area (Å²) in [4.78, 5) is 21.3. The van der Waals surface area contributed by atoms with Crippen molar-refractivity contribution in [1.82, 2.24) is 14.8 Å². The molecule has 1 aliphatic rings. The van der Waals surface area contributed by atoms with Gasteiger partial charge in [-0.1, -0.05) is 24.6 Å². The molecule has 0 atom stereocenters. The van der Waals surface area contributed by atoms with Crippen LogP contribution in [0.3, 0.4) is 0 Å². The Kier molecular flexibility index (Phi) is 6.22. The van der Waals surface area contributed by atoms with E-state index in [1.54, 1.807) is 4.90 Å². The number of halogens is 2. The van der Waals surface area contributed by atoms with E-state index >= 15 is 0 Å². The van der Waals surface area contributed by atoms with Crippen molar-refractivity contribution in [3.8, 4) is 0 Å². The molecule has 0 saturated carbocycles. The van der Waals surface area contributed by atoms with E-state index in [0.717, 1.165) is 38.2 Å². The Morgan fingerprint density at radius 2 is 2.04 bits per heavy atom. The monoisotopic (exact) mass is 375 g/mol. The Morgan fingerprint density at radius 3 is 2.73 bits per heavy atom. The summed E-state index contributed by atoms with van der Waals surface area (Å²) in [5.74, 6) is -0.655. The van der Waals surface area contributed by atoms with Crippen molar-refractivity contribution in [3.63, 3.8) is 0 Å². The Balaban J connectivity index is 1.61. The van der Waals surface area contributed by atoms with Crippen LogP contribution in [0.15, 0.2) is 36.5 Å². The molecule has 2 heterocycles. The van der Waals surface area contributed by atoms with Gasteiger partial charge in [0, 0.05) is 49.5 Å². The molecule has 0 aliphatic carbocycles. The lowest BCUT2D eigenvalue weighted by Crippen LogP contribution is -2.35. The van der Waals surface area contributed by atoms with Crippen LogP contribution in [0.1, 0.15) is 35.0 Å². The van der Waals surface area contributed by atoms with Crippen LogP contribution in [0.4, 0.5) is 4.39 Å². The Labute approximate surface area is 158 Å². The maximum absolute atomic E-state index is 13.5. The number of aromatic nitrogens is 1. The molecule has 4 nitrogen and oxygen atoms in total. The minimum Gasteiger partial charge on any atom is -0.337 e. The first kappa shape index (κ1) is 18.8. The smallest absolute Gasteiger partial charge is 0.254 e. The second kappa shape index (κ2) is 8.60. The first-order valence-electron chi connectivity index (χ1n) is 8.96. The number of carbonyl (C=O) groups excluding carboxylic acids is 1. The Bertz CT molecular complexity index is 746. The first-order chi connectivity index (χ1) is 12.5. The van der Waals surface area contributed by atoms with Crippen LogP contribution in [0, 0.1) is 5.82 Å². The fourth-order valence-electron chi connectivity index (χ4n) is 3.18. The number of pyridine rings is 1. The topological polar surface area (TPSA) is 36.4 Å². The van der Waals surface area contributed by atoms with E-state index < -0.39 is 5.82 Å². The normalized spacial score (nSPS) is 15.7. The summed E-state index contributed by atoms with van der Waals surface area (Å²) >= 11 is 5.87. The van der Waals surface area contributed by atoms with Gasteiger partial charge in [0.05, 0.1) is 5.69 Å². The number of rotatable bonds is 4. The molecular weight excluding hydrogens is 353 g/mol. The summed E-state index contributed by atoms with van der Waals surface area (Å²) in [6.45, 7) is 5.84. The van der Waals surface area contributed by atoms with E-state index in [0.29, 0.717) is 18.7 Å². The molecule has 1 amide bonds. The molecular formula is C20H23ClFN3O. The number of hydrogen-bond donors (Lipinski definition) is 0. The fraction of sp³-hybridized carbons (Fsp3) is 0.400. The molecule has 1 fully saturated rings. The van der Waals surface area contributed by atoms with Crippen molar-refractivity contribution in [1.29, 1.82) is 0 Å². The minimum absolute atomic E-state index is 0.168. The minimum atomic E-state index is -0.487. The predicted molar refractivity (Wildman–Crippen MR) is 101 cm³/mol. The molecule has 3 rings (SSSR count). The Morgan fingerprint density at radius 1 is 1.19 bits per heavy atom. The fourth-order valence-corrected chi connectivity index (χ4v) is 3.40. The van der Waals surface area contributed by atoms with Crippen LogP contribution in [0.5, 0.6) is 0 Å². The zero-order valence-corrected chi connectivity index (χ0v) is 15.7. The van der Waals surface area contributed by atoms with E-state index in [1.165, 1.54) is 23.8 Å². The second-order valence-electron chi connectivity index (χ2n) is 6.59. The lowest BCUT2D eigenvalue weighted by molar-refractivity contribution is 0.0760. The van der Waals surface area contributed by atoms with Gasteiger partial charge in [-0.15, -0.1) is 0 Å². The molecule has 138 valence electrons. The highest BCUT2D eigenvalue weighted by Crippen LogP contribution is 2.17. The van der Waals surface area contributed by atoms with Crippen molar-refractivity contribution >= 4 is 17.5 Å². The second-order valence-corrected chi connectivity index (χ2v) is 7.03. The van der Waals surface area contributed by atoms with E-state index in [1.807, 2.05) is 6.20 Å². The summed E-state index contributed by atoms with van der Waals surface area (Å²) in [6.07, 6.45) is 3.79. The van der Waals surface area contributed by atoms with Crippen LogP contribution in [0.2, 0.25) is 5.02 Å². The molecule has 0 N–H and O–H groups in total. The van der Waals surface area contributed by atoms with Crippen molar-refractivity contribution in [3.05, 3.63) is 64.2 Å². The average Bonchev–Trinajstić information content (AvgIpc) is 2.86. The number of benzene rings is 1. The van der Waals surface area contributed by atoms with Gasteiger partial charge in [-0.2, -0.15) is 0 Å². The standard InChI is InChI=1S/C20H23ClFN3O/c1-2-15-4-5-19(23-13-15)14-24-6-3-7-25(9-8-24)20(26)16-10-17(21)12-18(22)11-16/h4-5,10-13H,2-3,6-9,14H2,1H3. The SMILES string of the molecule is CCc1ccc(CN2CCCN(C(=O)c3cc(F)cc(Cl)c3)CC2)nc1. The van der Waals surface area contributed by atoms with Gasteiger partial charge in [0.2, 0.25) is 0 Å². The van der Waals surface area contributed by atoms with Gasteiger partial charge < -0.3 is 4.90 Å². The number of amides is 1. The number of carbonyl (C=O) groups is 1. The molecule has 6 heteroatoms. The van der Waals surface area contributed by atoms with Gasteiger partial charge >= 0.3 is 0 Å². The summed E-state index contributed by atoms with van der Waals surface area (Å²) < 4.78 is 13.5. The lowest BCUT2D eigenvalue weighted by atomic mass is 10.2. The van der Waals surface area contributed by atoms with E-state index in [9.17, 15) is 9.18 Å². The van der Waals surface area contributed by atoms with Crippen molar-refractivity contribution in [2.45, 2.75) is 26.3 Å². The molecule has 2 aromatic rings. The zero-order valence-electron chi connectivity index (χ0n) is 14.9. The molecule has 0 unspecified atom stereocenters. The quantitative estimate of drug-likeness (QED) is 0.815. The van der Waals surface area contributed by atoms with Gasteiger partial charge in [-0.25, -0.2) is 4.39 Å². The summed E-state index contributed by atoms with van der Waals surface area (Å²) in [6, 6.07) is 8.16. The molecule has 0 radical (unpaired) electrons. The third kappa shape index (κ3) is 4.80. The van der Waals surface area contributed by atoms with Gasteiger partial charge in [0.25, 0.3) is 5.91 Å². The van der Waals surface area contributed by atoms with Gasteiger partial charge in [-0.05, 0) is 42.7 Å². The van der Waals surface area contributed by atoms with E-state index in [2.05, 4.69) is 28.9 Å². The Hall–Kier alpha value is -1.98. The van der Waals surface area contributed by atoms with E-state index in [-0.39, 0.29) is 10.9 Å². The molecule has 26 heavy (non-hydrogen) atoms. The molecule has 1 aromatic heterocycles. The van der Waals surface area contributed by atoms with Gasteiger partial charge in [0.15, 0.2) is 0 Å². The van der Waals surface area contributed by atoms with Crippen LogP contribution >= 0.6 is 11.6 Å². The lowest BCUT2D eigenvalue weighted by Gasteiger charge is -2.22. The highest BCUT2D eigenvalue weighted by Gasteiger charge is 2.21. The maximum atomic E-state index is 13.5. The number of hydrogen-bond acceptors (Lipinski definition) is 3. The summed E-state index contributed by atoms with van der Waals surface area (Å²) in [5.41, 5.74) is 2.58. The van der Waals surface area contributed by atoms with Crippen molar-refractivity contribution in [2.75, 3.05) is 26.2 Å². The van der Waals surface area contributed by atoms with Crippen LogP contribution in [-0.4, -0.2) is 46.9 Å². The number of nitrogens with zero attached hydrogens (tertiary/aromatic N) is 3. The van der Waals surface area contributed by atoms with Gasteiger partial charge in [0.1, 0.15) is 5.82 Å². The maximum Gasteiger partial charge on any atom is 0.254 e. The molecule has 1 saturated heterocycles. The highest BCUT2D eigenvalue weighted by atomic mass is 35.5. The third-order valence-electron chi connectivity index (χ3n) is 4.67. The third-order valence-corrected chi connectivity index (χ3v) is 4.88. The average molecular weight is 376 g/mol. The molecule has 0 spiro atoms. The van der Waals surface area contributed by atoms with Crippen LogP contribution in [-0.2, 0) is 13.0 Å². The van der Waals surface area contributed by atoms with Crippen LogP contribution < -0.4 is 0 Å². The molecule has 1 aromatic carbocycles. The molecule has 0 bridgehead atoms. The molecule has 1 aliphatic heterocycles. The number of aryl methyl sites for hydroxylation is 1.